The van der Waals surface area contributed by atoms with Crippen LogP contribution in [0.3, 0.4) is 0 Å². The molecule has 1 aromatic carbocycles. The lowest BCUT2D eigenvalue weighted by Gasteiger charge is -2.32. The van der Waals surface area contributed by atoms with E-state index in [2.05, 4.69) is 50.5 Å². The zero-order valence-corrected chi connectivity index (χ0v) is 15.8. The summed E-state index contributed by atoms with van der Waals surface area (Å²) in [5.74, 6) is 1.33. The monoisotopic (exact) mass is 364 g/mol. The number of carbonyl (C=O) groups excluding carboxylic acids is 1. The average Bonchev–Trinajstić information content (AvgIpc) is 3.22. The summed E-state index contributed by atoms with van der Waals surface area (Å²) in [6, 6.07) is 12.7. The maximum atomic E-state index is 12.5. The van der Waals surface area contributed by atoms with Crippen LogP contribution in [0.25, 0.3) is 0 Å². The lowest BCUT2D eigenvalue weighted by molar-refractivity contribution is 0.0932. The standard InChI is InChI=1S/C22H28N4O/c27-21(24-19-8-4-5-9-19)20-10-13-23-22(25-20)26-14-11-18(12-15-26)16-17-6-2-1-3-7-17/h1-3,6-7,10,13,18-19H,4-5,8-9,11-12,14-16H2,(H,24,27). The molecule has 0 bridgehead atoms. The maximum absolute atomic E-state index is 12.5. The van der Waals surface area contributed by atoms with Crippen molar-refractivity contribution in [3.05, 3.63) is 53.9 Å². The number of aromatic nitrogens is 2. The molecule has 0 spiro atoms. The molecule has 2 heterocycles. The molecular weight excluding hydrogens is 336 g/mol. The van der Waals surface area contributed by atoms with Gasteiger partial charge in [-0.1, -0.05) is 43.2 Å². The third-order valence-electron chi connectivity index (χ3n) is 5.83. The lowest BCUT2D eigenvalue weighted by Crippen LogP contribution is -2.37. The molecular formula is C22H28N4O. The van der Waals surface area contributed by atoms with Crippen molar-refractivity contribution in [1.82, 2.24) is 15.3 Å². The number of amides is 1. The van der Waals surface area contributed by atoms with Gasteiger partial charge in [-0.05, 0) is 49.7 Å². The number of nitrogens with zero attached hydrogens (tertiary/aromatic N) is 3. The molecule has 1 aliphatic carbocycles. The molecule has 27 heavy (non-hydrogen) atoms. The van der Waals surface area contributed by atoms with E-state index in [1.807, 2.05) is 0 Å². The van der Waals surface area contributed by atoms with Crippen molar-refractivity contribution in [2.45, 2.75) is 51.0 Å². The third-order valence-corrected chi connectivity index (χ3v) is 5.83. The number of hydrogen-bond donors (Lipinski definition) is 1. The number of carbonyl (C=O) groups is 1. The van der Waals surface area contributed by atoms with E-state index in [4.69, 9.17) is 0 Å². The van der Waals surface area contributed by atoms with Crippen LogP contribution in [0, 0.1) is 5.92 Å². The van der Waals surface area contributed by atoms with E-state index in [0.717, 1.165) is 45.2 Å². The quantitative estimate of drug-likeness (QED) is 0.880. The molecule has 4 rings (SSSR count). The normalized spacial score (nSPS) is 18.6. The van der Waals surface area contributed by atoms with Crippen LogP contribution >= 0.6 is 0 Å². The summed E-state index contributed by atoms with van der Waals surface area (Å²) in [5.41, 5.74) is 1.90. The molecule has 1 saturated heterocycles. The Labute approximate surface area is 161 Å². The largest absolute Gasteiger partial charge is 0.348 e. The van der Waals surface area contributed by atoms with E-state index in [-0.39, 0.29) is 5.91 Å². The van der Waals surface area contributed by atoms with Crippen LogP contribution in [-0.4, -0.2) is 35.0 Å². The highest BCUT2D eigenvalue weighted by molar-refractivity contribution is 5.92. The summed E-state index contributed by atoms with van der Waals surface area (Å²) >= 11 is 0. The Hall–Kier alpha value is -2.43. The number of piperidine rings is 1. The van der Waals surface area contributed by atoms with E-state index in [9.17, 15) is 4.79 Å². The van der Waals surface area contributed by atoms with Crippen molar-refractivity contribution in [1.29, 1.82) is 0 Å². The van der Waals surface area contributed by atoms with Crippen molar-refractivity contribution < 1.29 is 4.79 Å². The summed E-state index contributed by atoms with van der Waals surface area (Å²) in [6.45, 7) is 1.90. The van der Waals surface area contributed by atoms with Crippen LogP contribution in [0.5, 0.6) is 0 Å². The van der Waals surface area contributed by atoms with Gasteiger partial charge >= 0.3 is 0 Å². The minimum atomic E-state index is -0.0653. The summed E-state index contributed by atoms with van der Waals surface area (Å²) in [7, 11) is 0. The molecule has 1 N–H and O–H groups in total. The molecule has 1 aromatic heterocycles. The van der Waals surface area contributed by atoms with Gasteiger partial charge in [0, 0.05) is 25.3 Å². The topological polar surface area (TPSA) is 58.1 Å². The van der Waals surface area contributed by atoms with Gasteiger partial charge in [-0.25, -0.2) is 9.97 Å². The molecule has 5 heteroatoms. The van der Waals surface area contributed by atoms with Crippen LogP contribution < -0.4 is 10.2 Å². The zero-order valence-electron chi connectivity index (χ0n) is 15.8. The predicted octanol–water partition coefficient (Wildman–Crippen LogP) is 3.61. The fourth-order valence-electron chi connectivity index (χ4n) is 4.24. The molecule has 2 aliphatic rings. The highest BCUT2D eigenvalue weighted by Crippen LogP contribution is 2.24. The summed E-state index contributed by atoms with van der Waals surface area (Å²) in [6.07, 6.45) is 9.70. The Morgan fingerprint density at radius 3 is 2.52 bits per heavy atom. The Balaban J connectivity index is 1.33. The molecule has 1 amide bonds. The number of nitrogens with one attached hydrogen (secondary N) is 1. The second kappa shape index (κ2) is 8.51. The van der Waals surface area contributed by atoms with Gasteiger partial charge in [-0.15, -0.1) is 0 Å². The van der Waals surface area contributed by atoms with Crippen LogP contribution in [0.4, 0.5) is 5.95 Å². The van der Waals surface area contributed by atoms with E-state index in [1.165, 1.54) is 18.4 Å². The molecule has 1 saturated carbocycles. The second-order valence-corrected chi connectivity index (χ2v) is 7.82. The molecule has 0 unspecified atom stereocenters. The first-order valence-electron chi connectivity index (χ1n) is 10.2. The van der Waals surface area contributed by atoms with E-state index >= 15 is 0 Å². The molecule has 0 atom stereocenters. The van der Waals surface area contributed by atoms with Crippen molar-refractivity contribution >= 4 is 11.9 Å². The van der Waals surface area contributed by atoms with Crippen molar-refractivity contribution in [3.63, 3.8) is 0 Å². The molecule has 142 valence electrons. The first kappa shape index (κ1) is 18.0. The maximum Gasteiger partial charge on any atom is 0.270 e. The predicted molar refractivity (Wildman–Crippen MR) is 107 cm³/mol. The van der Waals surface area contributed by atoms with Gasteiger partial charge in [0.2, 0.25) is 5.95 Å². The highest BCUT2D eigenvalue weighted by Gasteiger charge is 2.23. The third kappa shape index (κ3) is 4.65. The smallest absolute Gasteiger partial charge is 0.270 e. The van der Waals surface area contributed by atoms with E-state index < -0.39 is 0 Å². The highest BCUT2D eigenvalue weighted by atomic mass is 16.1. The van der Waals surface area contributed by atoms with E-state index in [0.29, 0.717) is 23.6 Å². The van der Waals surface area contributed by atoms with Crippen molar-refractivity contribution in [3.8, 4) is 0 Å². The van der Waals surface area contributed by atoms with Gasteiger partial charge in [-0.3, -0.25) is 4.79 Å². The van der Waals surface area contributed by atoms with Crippen molar-refractivity contribution in [2.75, 3.05) is 18.0 Å². The van der Waals surface area contributed by atoms with E-state index in [1.54, 1.807) is 12.3 Å². The van der Waals surface area contributed by atoms with Gasteiger partial charge < -0.3 is 10.2 Å². The minimum absolute atomic E-state index is 0.0653. The number of benzene rings is 1. The summed E-state index contributed by atoms with van der Waals surface area (Å²) < 4.78 is 0. The average molecular weight is 364 g/mol. The van der Waals surface area contributed by atoms with Gasteiger partial charge in [0.05, 0.1) is 0 Å². The Bertz CT molecular complexity index is 750. The number of rotatable bonds is 5. The van der Waals surface area contributed by atoms with Crippen LogP contribution in [-0.2, 0) is 6.42 Å². The lowest BCUT2D eigenvalue weighted by atomic mass is 9.90. The van der Waals surface area contributed by atoms with Crippen LogP contribution in [0.1, 0.15) is 54.6 Å². The minimum Gasteiger partial charge on any atom is -0.348 e. The molecule has 1 aliphatic heterocycles. The second-order valence-electron chi connectivity index (χ2n) is 7.82. The van der Waals surface area contributed by atoms with Gasteiger partial charge in [0.1, 0.15) is 5.69 Å². The van der Waals surface area contributed by atoms with Crippen LogP contribution in [0.2, 0.25) is 0 Å². The Morgan fingerprint density at radius 1 is 1.04 bits per heavy atom. The zero-order chi connectivity index (χ0) is 18.5. The SMILES string of the molecule is O=C(NC1CCCC1)c1ccnc(N2CCC(Cc3ccccc3)CC2)n1. The number of hydrogen-bond acceptors (Lipinski definition) is 4. The molecule has 0 radical (unpaired) electrons. The first-order chi connectivity index (χ1) is 13.3. The van der Waals surface area contributed by atoms with Crippen molar-refractivity contribution in [2.24, 2.45) is 5.92 Å². The molecule has 2 aromatic rings. The fourth-order valence-corrected chi connectivity index (χ4v) is 4.24. The van der Waals surface area contributed by atoms with Gasteiger partial charge in [-0.2, -0.15) is 0 Å². The Kier molecular flexibility index (Phi) is 5.66. The fraction of sp³-hybridized carbons (Fsp3) is 0.500. The molecule has 2 fully saturated rings. The number of anilines is 1. The van der Waals surface area contributed by atoms with Gasteiger partial charge in [0.25, 0.3) is 5.91 Å². The summed E-state index contributed by atoms with van der Waals surface area (Å²) in [4.78, 5) is 23.7. The van der Waals surface area contributed by atoms with Crippen LogP contribution in [0.15, 0.2) is 42.6 Å². The summed E-state index contributed by atoms with van der Waals surface area (Å²) in [5, 5.41) is 3.11. The first-order valence-corrected chi connectivity index (χ1v) is 10.2. The molecule has 5 nitrogen and oxygen atoms in total. The Morgan fingerprint density at radius 2 is 1.78 bits per heavy atom. The van der Waals surface area contributed by atoms with Gasteiger partial charge in [0.15, 0.2) is 0 Å².